The SMILES string of the molecule is C[Si](C)=CC1=CC2=CCSC2=C1.C[Si](C)=CC1=CC2=CSCC2=C1.Cc1cc2c(-c3ccccc3)cccc2[cH-]1.Cc1cc2c(-c3ccccc3)cccc2[cH-]1.[Cl-].[Cl-].[Cl-].[Cl-].[Zr+4].[Zr+4]. The molecule has 6 aromatic carbocycles. The molecule has 10 rings (SSSR count). The van der Waals surface area contributed by atoms with E-state index in [1.165, 1.54) is 99.2 Å². The summed E-state index contributed by atoms with van der Waals surface area (Å²) in [5.74, 6) is 2.35. The van der Waals surface area contributed by atoms with E-state index in [1.807, 2.05) is 23.5 Å². The third kappa shape index (κ3) is 15.8. The molecule has 0 unspecified atom stereocenters. The molecule has 0 saturated heterocycles. The fourth-order valence-corrected chi connectivity index (χ4v) is 11.0. The van der Waals surface area contributed by atoms with Gasteiger partial charge in [0.2, 0.25) is 0 Å². The molecule has 0 N–H and O–H groups in total. The van der Waals surface area contributed by atoms with Gasteiger partial charge in [-0.05, 0) is 62.6 Å². The fraction of sp³-hybridized carbons (Fsp3) is 0.154. The normalized spacial score (nSPS) is 13.2. The second kappa shape index (κ2) is 28.4. The Morgan fingerprint density at radius 1 is 0.548 bits per heavy atom. The molecule has 312 valence electrons. The van der Waals surface area contributed by atoms with E-state index in [0.29, 0.717) is 0 Å². The Morgan fingerprint density at radius 3 is 1.47 bits per heavy atom. The number of halogens is 4. The Bertz CT molecular complexity index is 2460. The second-order valence-electron chi connectivity index (χ2n) is 15.2. The van der Waals surface area contributed by atoms with Gasteiger partial charge in [0.15, 0.2) is 0 Å². The molecule has 0 fully saturated rings. The van der Waals surface area contributed by atoms with Crippen LogP contribution in [0.1, 0.15) is 11.1 Å². The second-order valence-corrected chi connectivity index (χ2v) is 22.0. The summed E-state index contributed by atoms with van der Waals surface area (Å²) >= 11 is 3.86. The molecule has 0 radical (unpaired) electrons. The van der Waals surface area contributed by atoms with Gasteiger partial charge in [-0.2, -0.15) is 12.1 Å². The Morgan fingerprint density at radius 2 is 1.02 bits per heavy atom. The molecule has 0 bridgehead atoms. The van der Waals surface area contributed by atoms with Crippen LogP contribution >= 0.6 is 23.5 Å². The van der Waals surface area contributed by atoms with E-state index in [2.05, 4.69) is 208 Å². The van der Waals surface area contributed by atoms with E-state index in [9.17, 15) is 0 Å². The zero-order valence-corrected chi connectivity index (χ0v) is 47.5. The quantitative estimate of drug-likeness (QED) is 0.197. The van der Waals surface area contributed by atoms with Crippen molar-refractivity contribution in [2.45, 2.75) is 40.0 Å². The van der Waals surface area contributed by atoms with Crippen LogP contribution in [0.4, 0.5) is 0 Å². The van der Waals surface area contributed by atoms with Gasteiger partial charge >= 0.3 is 52.4 Å². The minimum Gasteiger partial charge on any atom is -1.00 e. The van der Waals surface area contributed by atoms with E-state index in [1.54, 1.807) is 0 Å². The predicted octanol–water partition coefficient (Wildman–Crippen LogP) is 2.32. The van der Waals surface area contributed by atoms with E-state index in [-0.39, 0.29) is 119 Å². The van der Waals surface area contributed by atoms with E-state index in [0.717, 1.165) is 0 Å². The third-order valence-corrected chi connectivity index (χ3v) is 13.5. The summed E-state index contributed by atoms with van der Waals surface area (Å²) in [5.41, 5.74) is 20.0. The maximum absolute atomic E-state index is 2.42. The van der Waals surface area contributed by atoms with Crippen LogP contribution in [0.2, 0.25) is 26.2 Å². The van der Waals surface area contributed by atoms with Gasteiger partial charge in [-0.1, -0.05) is 147 Å². The Balaban J connectivity index is 0.000000404. The number of fused-ring (bicyclic) bond motifs is 4. The number of aryl methyl sites for hydroxylation is 2. The zero-order chi connectivity index (χ0) is 39.0. The van der Waals surface area contributed by atoms with Gasteiger partial charge in [0.05, 0.1) is 0 Å². The maximum atomic E-state index is 2.42. The van der Waals surface area contributed by atoms with Crippen LogP contribution in [-0.2, 0) is 52.4 Å². The first-order chi connectivity index (χ1) is 27.2. The summed E-state index contributed by atoms with van der Waals surface area (Å²) < 4.78 is 0. The molecule has 4 aliphatic rings. The van der Waals surface area contributed by atoms with E-state index >= 15 is 0 Å². The molecule has 2 aliphatic heterocycles. The summed E-state index contributed by atoms with van der Waals surface area (Å²) in [6.45, 7) is 13.6. The first-order valence-corrected chi connectivity index (χ1v) is 26.6. The number of hydrogen-bond acceptors (Lipinski definition) is 2. The molecule has 6 aromatic rings. The van der Waals surface area contributed by atoms with Crippen LogP contribution < -0.4 is 49.6 Å². The standard InChI is InChI=1S/2C16H13.2C10H12SSi.4ClH.2Zr/c2*1-12-10-14-8-5-9-15(16(14)11-12)13-6-3-2-4-7-13;1-12(2)7-8-3-9-5-11-6-10(9)4-8;1-12(2)7-8-5-9-3-4-11-10(9)6-8;;;;;;/h2*2-11H,1H3;3-5,7H,6H2,1-2H3;3,5-7H,4H2,1-2H3;4*1H;;/q2*-1;;;;;;;2*+4/p-4. The largest absolute Gasteiger partial charge is 4.00 e. The van der Waals surface area contributed by atoms with Gasteiger partial charge in [-0.25, -0.2) is 0 Å². The first kappa shape index (κ1) is 58.4. The number of allylic oxidation sites excluding steroid dienone is 8. The third-order valence-electron chi connectivity index (χ3n) is 9.80. The van der Waals surface area contributed by atoms with Crippen molar-refractivity contribution in [3.63, 3.8) is 0 Å². The monoisotopic (exact) mass is 1110 g/mol. The van der Waals surface area contributed by atoms with Crippen molar-refractivity contribution in [1.82, 2.24) is 0 Å². The minimum atomic E-state index is -0.222. The molecule has 62 heavy (non-hydrogen) atoms. The van der Waals surface area contributed by atoms with E-state index in [4.69, 9.17) is 0 Å². The van der Waals surface area contributed by atoms with E-state index < -0.39 is 0 Å². The van der Waals surface area contributed by atoms with Crippen LogP contribution in [0.3, 0.4) is 0 Å². The van der Waals surface area contributed by atoms with Gasteiger partial charge in [-0.3, -0.25) is 0 Å². The molecule has 10 heteroatoms. The summed E-state index contributed by atoms with van der Waals surface area (Å²) in [4.78, 5) is 1.48. The van der Waals surface area contributed by atoms with Crippen molar-refractivity contribution in [2.24, 2.45) is 0 Å². The smallest absolute Gasteiger partial charge is 1.00 e. The van der Waals surface area contributed by atoms with Crippen molar-refractivity contribution in [1.29, 1.82) is 0 Å². The molecule has 0 nitrogen and oxygen atoms in total. The van der Waals surface area contributed by atoms with Crippen molar-refractivity contribution >= 4 is 73.2 Å². The van der Waals surface area contributed by atoms with Gasteiger partial charge in [-0.15, -0.1) is 92.6 Å². The van der Waals surface area contributed by atoms with Crippen LogP contribution in [-0.4, -0.2) is 39.7 Å². The molecule has 0 spiro atoms. The first-order valence-electron chi connectivity index (χ1n) is 19.4. The molecule has 0 aromatic heterocycles. The molecular weight excluding hydrogens is 1070 g/mol. The van der Waals surface area contributed by atoms with Crippen molar-refractivity contribution in [2.75, 3.05) is 11.5 Å². The summed E-state index contributed by atoms with van der Waals surface area (Å²) in [6, 6.07) is 43.1. The number of hydrogen-bond donors (Lipinski definition) is 0. The van der Waals surface area contributed by atoms with Gasteiger partial charge in [0.1, 0.15) is 0 Å². The maximum Gasteiger partial charge on any atom is 4.00 e. The molecule has 2 aliphatic carbocycles. The van der Waals surface area contributed by atoms with Gasteiger partial charge in [0.25, 0.3) is 0 Å². The zero-order valence-electron chi connectivity index (χ0n) is 35.9. The van der Waals surface area contributed by atoms with Crippen molar-refractivity contribution in [3.8, 4) is 22.3 Å². The molecule has 0 amide bonds. The summed E-state index contributed by atoms with van der Waals surface area (Å²) in [5, 5.41) is 7.64. The summed E-state index contributed by atoms with van der Waals surface area (Å²) in [6.07, 6.45) is 11.6. The number of thioether (sulfide) groups is 2. The summed E-state index contributed by atoms with van der Waals surface area (Å²) in [7, 11) is -0.442. The van der Waals surface area contributed by atoms with Crippen LogP contribution in [0.25, 0.3) is 43.8 Å². The number of benzene rings is 4. The van der Waals surface area contributed by atoms with Crippen molar-refractivity contribution in [3.05, 3.63) is 201 Å². The average Bonchev–Trinajstić information content (AvgIpc) is 4.03. The topological polar surface area (TPSA) is 0 Å². The van der Waals surface area contributed by atoms with Crippen molar-refractivity contribution < 1.29 is 102 Å². The molecular formula is C52H50Cl4S2Si2Zr2+2. The molecule has 2 heterocycles. The minimum absolute atomic E-state index is 0. The Labute approximate surface area is 445 Å². The van der Waals surface area contributed by atoms with Gasteiger partial charge in [0, 0.05) is 33.2 Å². The number of rotatable bonds is 4. The average molecular weight is 1120 g/mol. The molecule has 0 saturated carbocycles. The van der Waals surface area contributed by atoms with Crippen LogP contribution in [0.5, 0.6) is 0 Å². The molecule has 0 atom stereocenters. The van der Waals surface area contributed by atoms with Gasteiger partial charge < -0.3 is 49.6 Å². The fourth-order valence-electron chi connectivity index (χ4n) is 7.43. The van der Waals surface area contributed by atoms with Crippen LogP contribution in [0, 0.1) is 13.8 Å². The van der Waals surface area contributed by atoms with Crippen LogP contribution in [0.15, 0.2) is 190 Å². The predicted molar refractivity (Wildman–Crippen MR) is 260 cm³/mol. The Kier molecular flexibility index (Phi) is 26.7. The Hall–Kier alpha value is -1.66.